The number of rotatable bonds is 6. The minimum Gasteiger partial charge on any atom is -0.493 e. The Balaban J connectivity index is 1.76. The van der Waals surface area contributed by atoms with E-state index >= 15 is 0 Å². The molecule has 0 saturated carbocycles. The molecule has 0 saturated heterocycles. The first-order valence-electron chi connectivity index (χ1n) is 8.41. The zero-order chi connectivity index (χ0) is 18.5. The van der Waals surface area contributed by atoms with E-state index in [1.165, 1.54) is 4.68 Å². The number of para-hydroxylation sites is 1. The maximum Gasteiger partial charge on any atom is 0.312 e. The summed E-state index contributed by atoms with van der Waals surface area (Å²) in [5, 5.41) is 5.43. The van der Waals surface area contributed by atoms with Crippen molar-refractivity contribution in [1.29, 1.82) is 0 Å². The Labute approximate surface area is 151 Å². The van der Waals surface area contributed by atoms with Crippen LogP contribution in [0.15, 0.2) is 53.3 Å². The zero-order valence-electron chi connectivity index (χ0n) is 14.8. The number of aryl methyl sites for hydroxylation is 1. The van der Waals surface area contributed by atoms with Gasteiger partial charge in [0.05, 0.1) is 24.1 Å². The van der Waals surface area contributed by atoms with Crippen molar-refractivity contribution in [2.45, 2.75) is 20.0 Å². The van der Waals surface area contributed by atoms with Gasteiger partial charge in [-0.15, -0.1) is 0 Å². The Kier molecular flexibility index (Phi) is 5.31. The van der Waals surface area contributed by atoms with Crippen LogP contribution in [0.1, 0.15) is 18.2 Å². The van der Waals surface area contributed by atoms with E-state index in [4.69, 9.17) is 9.47 Å². The normalized spacial score (nSPS) is 10.7. The van der Waals surface area contributed by atoms with Crippen LogP contribution >= 0.6 is 0 Å². The van der Waals surface area contributed by atoms with Gasteiger partial charge >= 0.3 is 5.97 Å². The van der Waals surface area contributed by atoms with Crippen molar-refractivity contribution in [3.8, 4) is 5.75 Å². The number of ether oxygens (including phenoxy) is 2. The highest BCUT2D eigenvalue weighted by Crippen LogP contribution is 2.19. The van der Waals surface area contributed by atoms with Crippen molar-refractivity contribution in [1.82, 2.24) is 9.78 Å². The van der Waals surface area contributed by atoms with E-state index in [0.29, 0.717) is 28.8 Å². The Morgan fingerprint density at radius 1 is 1.08 bits per heavy atom. The molecular weight excluding hydrogens is 332 g/mol. The second-order valence-corrected chi connectivity index (χ2v) is 5.80. The number of carbonyl (C=O) groups excluding carboxylic acids is 1. The second-order valence-electron chi connectivity index (χ2n) is 5.80. The molecule has 0 fully saturated rings. The molecule has 3 aromatic rings. The predicted molar refractivity (Wildman–Crippen MR) is 98.1 cm³/mol. The van der Waals surface area contributed by atoms with Crippen LogP contribution in [-0.4, -0.2) is 22.4 Å². The highest BCUT2D eigenvalue weighted by atomic mass is 16.5. The quantitative estimate of drug-likeness (QED) is 0.638. The topological polar surface area (TPSA) is 70.4 Å². The molecule has 0 spiro atoms. The first-order valence-corrected chi connectivity index (χ1v) is 8.41. The first-order chi connectivity index (χ1) is 12.6. The van der Waals surface area contributed by atoms with Gasteiger partial charge in [-0.05, 0) is 19.1 Å². The lowest BCUT2D eigenvalue weighted by atomic mass is 10.1. The number of hydrogen-bond donors (Lipinski definition) is 0. The summed E-state index contributed by atoms with van der Waals surface area (Å²) in [6.45, 7) is 2.57. The van der Waals surface area contributed by atoms with Gasteiger partial charge in [0.1, 0.15) is 12.4 Å². The van der Waals surface area contributed by atoms with Gasteiger partial charge in [-0.2, -0.15) is 5.10 Å². The molecule has 0 amide bonds. The van der Waals surface area contributed by atoms with Crippen molar-refractivity contribution < 1.29 is 14.3 Å². The van der Waals surface area contributed by atoms with E-state index in [1.807, 2.05) is 37.3 Å². The summed E-state index contributed by atoms with van der Waals surface area (Å²) in [5.41, 5.74) is 1.13. The molecule has 1 aromatic heterocycles. The van der Waals surface area contributed by atoms with Crippen LogP contribution < -0.4 is 10.3 Å². The molecular formula is C20H20N2O4. The number of hydrogen-bond acceptors (Lipinski definition) is 5. The van der Waals surface area contributed by atoms with Gasteiger partial charge in [-0.25, -0.2) is 4.68 Å². The molecule has 2 aromatic carbocycles. The van der Waals surface area contributed by atoms with Gasteiger partial charge in [0.15, 0.2) is 0 Å². The number of aromatic nitrogens is 2. The van der Waals surface area contributed by atoms with Crippen LogP contribution in [0.2, 0.25) is 0 Å². The standard InChI is InChI=1S/C20H20N2O4/c1-3-25-18-11-7-4-8-14(18)13-26-19(23)12-17-15-9-5-6-10-16(15)20(24)22(2)21-17/h4-11H,3,12-13H2,1-2H3. The Morgan fingerprint density at radius 2 is 1.77 bits per heavy atom. The minimum absolute atomic E-state index is 0.00850. The van der Waals surface area contributed by atoms with Crippen LogP contribution in [0.5, 0.6) is 5.75 Å². The summed E-state index contributed by atoms with van der Waals surface area (Å²) in [7, 11) is 1.57. The van der Waals surface area contributed by atoms with Gasteiger partial charge in [0.2, 0.25) is 0 Å². The molecule has 6 nitrogen and oxygen atoms in total. The number of esters is 1. The summed E-state index contributed by atoms with van der Waals surface area (Å²) in [5.74, 6) is 0.293. The van der Waals surface area contributed by atoms with Crippen molar-refractivity contribution >= 4 is 16.7 Å². The molecule has 0 unspecified atom stereocenters. The summed E-state index contributed by atoms with van der Waals surface area (Å²) >= 11 is 0. The molecule has 1 heterocycles. The smallest absolute Gasteiger partial charge is 0.312 e. The maximum atomic E-state index is 12.3. The summed E-state index contributed by atoms with van der Waals surface area (Å²) in [6.07, 6.45) is -0.00850. The highest BCUT2D eigenvalue weighted by molar-refractivity contribution is 5.86. The summed E-state index contributed by atoms with van der Waals surface area (Å²) < 4.78 is 12.2. The van der Waals surface area contributed by atoms with E-state index in [2.05, 4.69) is 5.10 Å². The first kappa shape index (κ1) is 17.7. The molecule has 0 atom stereocenters. The minimum atomic E-state index is -0.410. The fourth-order valence-electron chi connectivity index (χ4n) is 2.77. The summed E-state index contributed by atoms with van der Waals surface area (Å²) in [4.78, 5) is 24.5. The lowest BCUT2D eigenvalue weighted by Crippen LogP contribution is -2.22. The third-order valence-corrected chi connectivity index (χ3v) is 4.01. The predicted octanol–water partition coefficient (Wildman–Crippen LogP) is 2.62. The number of benzene rings is 2. The SMILES string of the molecule is CCOc1ccccc1COC(=O)Cc1nn(C)c(=O)c2ccccc12. The van der Waals surface area contributed by atoms with Crippen molar-refractivity contribution in [3.63, 3.8) is 0 Å². The molecule has 0 aliphatic heterocycles. The van der Waals surface area contributed by atoms with Gasteiger partial charge in [-0.1, -0.05) is 36.4 Å². The van der Waals surface area contributed by atoms with E-state index in [9.17, 15) is 9.59 Å². The fraction of sp³-hybridized carbons (Fsp3) is 0.250. The monoisotopic (exact) mass is 352 g/mol. The van der Waals surface area contributed by atoms with Crippen LogP contribution in [-0.2, 0) is 29.6 Å². The van der Waals surface area contributed by atoms with Crippen LogP contribution in [0.3, 0.4) is 0 Å². The Hall–Kier alpha value is -3.15. The third-order valence-electron chi connectivity index (χ3n) is 4.01. The molecule has 0 N–H and O–H groups in total. The lowest BCUT2D eigenvalue weighted by Gasteiger charge is -2.11. The molecule has 26 heavy (non-hydrogen) atoms. The average Bonchev–Trinajstić information content (AvgIpc) is 2.65. The van der Waals surface area contributed by atoms with Gasteiger partial charge in [0, 0.05) is 18.0 Å². The van der Waals surface area contributed by atoms with E-state index < -0.39 is 5.97 Å². The molecule has 0 radical (unpaired) electrons. The lowest BCUT2D eigenvalue weighted by molar-refractivity contribution is -0.144. The van der Waals surface area contributed by atoms with E-state index in [1.54, 1.807) is 25.2 Å². The second kappa shape index (κ2) is 7.82. The molecule has 134 valence electrons. The molecule has 0 bridgehead atoms. The van der Waals surface area contributed by atoms with E-state index in [-0.39, 0.29) is 18.6 Å². The Bertz CT molecular complexity index is 995. The largest absolute Gasteiger partial charge is 0.493 e. The molecule has 0 aliphatic carbocycles. The zero-order valence-corrected chi connectivity index (χ0v) is 14.8. The molecule has 0 aliphatic rings. The van der Waals surface area contributed by atoms with Gasteiger partial charge in [0.25, 0.3) is 5.56 Å². The van der Waals surface area contributed by atoms with Crippen molar-refractivity contribution in [2.75, 3.05) is 6.61 Å². The van der Waals surface area contributed by atoms with Gasteiger partial charge < -0.3 is 9.47 Å². The van der Waals surface area contributed by atoms with Crippen molar-refractivity contribution in [3.05, 3.63) is 70.1 Å². The van der Waals surface area contributed by atoms with Gasteiger partial charge in [-0.3, -0.25) is 9.59 Å². The van der Waals surface area contributed by atoms with E-state index in [0.717, 1.165) is 5.56 Å². The number of fused-ring (bicyclic) bond motifs is 1. The number of nitrogens with zero attached hydrogens (tertiary/aromatic N) is 2. The molecule has 3 rings (SSSR count). The van der Waals surface area contributed by atoms with Crippen LogP contribution in [0, 0.1) is 0 Å². The third kappa shape index (κ3) is 3.74. The van der Waals surface area contributed by atoms with Crippen molar-refractivity contribution in [2.24, 2.45) is 7.05 Å². The van der Waals surface area contributed by atoms with Crippen LogP contribution in [0.25, 0.3) is 10.8 Å². The number of carbonyl (C=O) groups is 1. The fourth-order valence-corrected chi connectivity index (χ4v) is 2.77. The Morgan fingerprint density at radius 3 is 2.54 bits per heavy atom. The average molecular weight is 352 g/mol. The molecule has 6 heteroatoms. The van der Waals surface area contributed by atoms with Crippen LogP contribution in [0.4, 0.5) is 0 Å². The summed E-state index contributed by atoms with van der Waals surface area (Å²) in [6, 6.07) is 14.6. The maximum absolute atomic E-state index is 12.3. The highest BCUT2D eigenvalue weighted by Gasteiger charge is 2.14.